The third-order valence-corrected chi connectivity index (χ3v) is 5.30. The van der Waals surface area contributed by atoms with E-state index in [0.717, 1.165) is 24.2 Å². The highest BCUT2D eigenvalue weighted by Gasteiger charge is 2.35. The van der Waals surface area contributed by atoms with Crippen molar-refractivity contribution in [2.45, 2.75) is 70.9 Å². The van der Waals surface area contributed by atoms with Gasteiger partial charge in [0.05, 0.1) is 5.66 Å². The molecule has 2 fully saturated rings. The second kappa shape index (κ2) is 5.27. The van der Waals surface area contributed by atoms with Crippen LogP contribution >= 0.6 is 0 Å². The maximum atomic E-state index is 6.12. The van der Waals surface area contributed by atoms with E-state index in [2.05, 4.69) is 13.8 Å². The summed E-state index contributed by atoms with van der Waals surface area (Å²) in [7, 11) is 0. The zero-order valence-electron chi connectivity index (χ0n) is 11.6. The van der Waals surface area contributed by atoms with Crippen molar-refractivity contribution in [3.63, 3.8) is 0 Å². The third kappa shape index (κ3) is 3.45. The van der Waals surface area contributed by atoms with Gasteiger partial charge in [-0.15, -0.1) is 0 Å². The summed E-state index contributed by atoms with van der Waals surface area (Å²) in [5.74, 6) is 3.32. The van der Waals surface area contributed by atoms with Crippen LogP contribution in [0.15, 0.2) is 0 Å². The summed E-state index contributed by atoms with van der Waals surface area (Å²) in [6.45, 7) is 4.65. The first-order valence-electron chi connectivity index (χ1n) is 7.55. The lowest BCUT2D eigenvalue weighted by Gasteiger charge is -2.41. The summed E-state index contributed by atoms with van der Waals surface area (Å²) in [5.41, 5.74) is 11.8. The minimum absolute atomic E-state index is 0.393. The van der Waals surface area contributed by atoms with Crippen molar-refractivity contribution in [1.82, 2.24) is 0 Å². The SMILES string of the molecule is CC1CCCC(CC2CCC(N)(N)C(C)C2)C1. The van der Waals surface area contributed by atoms with E-state index in [4.69, 9.17) is 11.5 Å². The largest absolute Gasteiger partial charge is 0.313 e. The molecule has 0 saturated heterocycles. The molecule has 2 aliphatic rings. The molecule has 0 heterocycles. The zero-order valence-corrected chi connectivity index (χ0v) is 11.6. The monoisotopic (exact) mass is 238 g/mol. The molecule has 2 rings (SSSR count). The predicted octanol–water partition coefficient (Wildman–Crippen LogP) is 3.25. The molecular formula is C15H30N2. The first-order chi connectivity index (χ1) is 7.97. The Labute approximate surface area is 107 Å². The van der Waals surface area contributed by atoms with E-state index in [1.807, 2.05) is 0 Å². The van der Waals surface area contributed by atoms with Crippen LogP contribution in [0.3, 0.4) is 0 Å². The van der Waals surface area contributed by atoms with Crippen molar-refractivity contribution < 1.29 is 0 Å². The molecule has 0 aliphatic heterocycles. The van der Waals surface area contributed by atoms with Gasteiger partial charge in [0.1, 0.15) is 0 Å². The van der Waals surface area contributed by atoms with Gasteiger partial charge in [0.2, 0.25) is 0 Å². The second-order valence-corrected chi connectivity index (χ2v) is 7.03. The number of nitrogens with two attached hydrogens (primary N) is 2. The highest BCUT2D eigenvalue weighted by atomic mass is 15.0. The normalized spacial score (nSPS) is 42.4. The molecular weight excluding hydrogens is 208 g/mol. The van der Waals surface area contributed by atoms with Crippen molar-refractivity contribution in [2.24, 2.45) is 35.1 Å². The van der Waals surface area contributed by atoms with E-state index in [0.29, 0.717) is 5.92 Å². The van der Waals surface area contributed by atoms with Crippen molar-refractivity contribution in [1.29, 1.82) is 0 Å². The molecule has 0 aromatic carbocycles. The predicted molar refractivity (Wildman–Crippen MR) is 73.3 cm³/mol. The van der Waals surface area contributed by atoms with Crippen molar-refractivity contribution in [3.05, 3.63) is 0 Å². The molecule has 4 N–H and O–H groups in total. The van der Waals surface area contributed by atoms with E-state index >= 15 is 0 Å². The topological polar surface area (TPSA) is 52.0 Å². The summed E-state index contributed by atoms with van der Waals surface area (Å²) in [4.78, 5) is 0. The van der Waals surface area contributed by atoms with Gasteiger partial charge in [0, 0.05) is 0 Å². The molecule has 2 nitrogen and oxygen atoms in total. The van der Waals surface area contributed by atoms with Crippen LogP contribution in [0.1, 0.15) is 65.2 Å². The minimum Gasteiger partial charge on any atom is -0.313 e. The van der Waals surface area contributed by atoms with E-state index in [-0.39, 0.29) is 0 Å². The minimum atomic E-state index is -0.393. The van der Waals surface area contributed by atoms with Gasteiger partial charge in [0.25, 0.3) is 0 Å². The number of hydrogen-bond donors (Lipinski definition) is 2. The lowest BCUT2D eigenvalue weighted by Crippen LogP contribution is -2.57. The van der Waals surface area contributed by atoms with E-state index in [9.17, 15) is 0 Å². The first kappa shape index (κ1) is 13.4. The van der Waals surface area contributed by atoms with E-state index in [1.54, 1.807) is 0 Å². The van der Waals surface area contributed by atoms with Crippen LogP contribution in [0.25, 0.3) is 0 Å². The maximum absolute atomic E-state index is 6.12. The highest BCUT2D eigenvalue weighted by Crippen LogP contribution is 2.39. The third-order valence-electron chi connectivity index (χ3n) is 5.30. The quantitative estimate of drug-likeness (QED) is 0.726. The zero-order chi connectivity index (χ0) is 12.5. The molecule has 2 saturated carbocycles. The lowest BCUT2D eigenvalue weighted by molar-refractivity contribution is 0.130. The fraction of sp³-hybridized carbons (Fsp3) is 1.00. The molecule has 0 aromatic rings. The highest BCUT2D eigenvalue weighted by molar-refractivity contribution is 4.90. The summed E-state index contributed by atoms with van der Waals surface area (Å²) in [6.07, 6.45) is 10.8. The Morgan fingerprint density at radius 1 is 1.00 bits per heavy atom. The standard InChI is InChI=1S/C15H30N2/c1-11-4-3-5-13(8-11)10-14-6-7-15(16,17)12(2)9-14/h11-14H,3-10,16-17H2,1-2H3. The number of hydrogen-bond acceptors (Lipinski definition) is 2. The van der Waals surface area contributed by atoms with Crippen LogP contribution in [0, 0.1) is 23.7 Å². The van der Waals surface area contributed by atoms with Gasteiger partial charge in [-0.1, -0.05) is 33.1 Å². The molecule has 4 unspecified atom stereocenters. The molecule has 2 heteroatoms. The summed E-state index contributed by atoms with van der Waals surface area (Å²) in [5, 5.41) is 0. The smallest absolute Gasteiger partial charge is 0.0663 e. The Morgan fingerprint density at radius 2 is 1.71 bits per heavy atom. The second-order valence-electron chi connectivity index (χ2n) is 7.03. The van der Waals surface area contributed by atoms with Crippen LogP contribution in [-0.2, 0) is 0 Å². The van der Waals surface area contributed by atoms with Crippen LogP contribution in [0.2, 0.25) is 0 Å². The first-order valence-corrected chi connectivity index (χ1v) is 7.55. The van der Waals surface area contributed by atoms with Gasteiger partial charge in [-0.3, -0.25) is 0 Å². The molecule has 2 aliphatic carbocycles. The average molecular weight is 238 g/mol. The van der Waals surface area contributed by atoms with Crippen LogP contribution in [0.4, 0.5) is 0 Å². The Morgan fingerprint density at radius 3 is 2.35 bits per heavy atom. The molecule has 0 amide bonds. The maximum Gasteiger partial charge on any atom is 0.0663 e. The van der Waals surface area contributed by atoms with Gasteiger partial charge >= 0.3 is 0 Å². The molecule has 17 heavy (non-hydrogen) atoms. The van der Waals surface area contributed by atoms with Gasteiger partial charge in [-0.05, 0) is 55.8 Å². The van der Waals surface area contributed by atoms with Crippen LogP contribution < -0.4 is 11.5 Å². The average Bonchev–Trinajstić information content (AvgIpc) is 2.24. The summed E-state index contributed by atoms with van der Waals surface area (Å²) < 4.78 is 0. The fourth-order valence-electron chi connectivity index (χ4n) is 4.00. The molecule has 0 aromatic heterocycles. The summed E-state index contributed by atoms with van der Waals surface area (Å²) in [6, 6.07) is 0. The molecule has 100 valence electrons. The van der Waals surface area contributed by atoms with Gasteiger partial charge in [-0.2, -0.15) is 0 Å². The Bertz CT molecular complexity index is 249. The van der Waals surface area contributed by atoms with E-state index in [1.165, 1.54) is 44.9 Å². The summed E-state index contributed by atoms with van der Waals surface area (Å²) >= 11 is 0. The van der Waals surface area contributed by atoms with Gasteiger partial charge in [-0.25, -0.2) is 0 Å². The lowest BCUT2D eigenvalue weighted by atomic mass is 9.70. The Kier molecular flexibility index (Phi) is 4.14. The van der Waals surface area contributed by atoms with Gasteiger partial charge in [0.15, 0.2) is 0 Å². The van der Waals surface area contributed by atoms with Crippen LogP contribution in [-0.4, -0.2) is 5.66 Å². The molecule has 0 bridgehead atoms. The van der Waals surface area contributed by atoms with Crippen molar-refractivity contribution in [2.75, 3.05) is 0 Å². The van der Waals surface area contributed by atoms with Crippen molar-refractivity contribution >= 4 is 0 Å². The molecule has 4 atom stereocenters. The number of rotatable bonds is 2. The fourth-order valence-corrected chi connectivity index (χ4v) is 4.00. The van der Waals surface area contributed by atoms with Crippen molar-refractivity contribution in [3.8, 4) is 0 Å². The Hall–Kier alpha value is -0.0800. The Balaban J connectivity index is 1.80. The molecule has 0 radical (unpaired) electrons. The molecule has 0 spiro atoms. The van der Waals surface area contributed by atoms with Crippen LogP contribution in [0.5, 0.6) is 0 Å². The van der Waals surface area contributed by atoms with Gasteiger partial charge < -0.3 is 11.5 Å². The van der Waals surface area contributed by atoms with E-state index < -0.39 is 5.66 Å².